The molecule has 0 rings (SSSR count). The number of unbranched alkanes of at least 4 members (excludes halogenated alkanes) is 3. The van der Waals surface area contributed by atoms with Gasteiger partial charge in [0.1, 0.15) is 0 Å². The van der Waals surface area contributed by atoms with Crippen molar-refractivity contribution in [2.75, 3.05) is 13.2 Å². The van der Waals surface area contributed by atoms with Crippen molar-refractivity contribution >= 4 is 6.09 Å². The summed E-state index contributed by atoms with van der Waals surface area (Å²) < 4.78 is 4.87. The molecular weight excluding hydrogens is 166 g/mol. The molecule has 1 N–H and O–H groups in total. The van der Waals surface area contributed by atoms with Crippen LogP contribution in [0.2, 0.25) is 0 Å². The molecule has 3 nitrogen and oxygen atoms in total. The second-order valence-electron chi connectivity index (χ2n) is 2.98. The Bertz CT molecular complexity index is 126. The van der Waals surface area contributed by atoms with E-state index in [0.29, 0.717) is 6.61 Å². The summed E-state index contributed by atoms with van der Waals surface area (Å²) >= 11 is 0. The fourth-order valence-electron chi connectivity index (χ4n) is 0.883. The SMILES string of the molecule is [CH2]CCCOC(=O)NCCCCC. The predicted octanol–water partition coefficient (Wildman–Crippen LogP) is 2.52. The Morgan fingerprint density at radius 3 is 2.77 bits per heavy atom. The highest BCUT2D eigenvalue weighted by Crippen LogP contribution is 1.92. The van der Waals surface area contributed by atoms with E-state index in [0.717, 1.165) is 38.6 Å². The van der Waals surface area contributed by atoms with E-state index in [1.165, 1.54) is 0 Å². The first-order chi connectivity index (χ1) is 6.31. The molecule has 0 heterocycles. The molecule has 1 radical (unpaired) electrons. The summed E-state index contributed by atoms with van der Waals surface area (Å²) in [6, 6.07) is 0. The lowest BCUT2D eigenvalue weighted by molar-refractivity contribution is 0.145. The van der Waals surface area contributed by atoms with Crippen molar-refractivity contribution in [1.82, 2.24) is 5.32 Å². The van der Waals surface area contributed by atoms with Crippen molar-refractivity contribution in [3.8, 4) is 0 Å². The van der Waals surface area contributed by atoms with Gasteiger partial charge in [-0.15, -0.1) is 0 Å². The van der Waals surface area contributed by atoms with Crippen molar-refractivity contribution in [3.63, 3.8) is 0 Å². The third-order valence-corrected chi connectivity index (χ3v) is 1.68. The zero-order valence-corrected chi connectivity index (χ0v) is 8.47. The molecule has 0 aromatic rings. The summed E-state index contributed by atoms with van der Waals surface area (Å²) in [6.45, 7) is 6.98. The van der Waals surface area contributed by atoms with E-state index in [2.05, 4.69) is 19.2 Å². The van der Waals surface area contributed by atoms with Gasteiger partial charge in [0.2, 0.25) is 0 Å². The number of carbonyl (C=O) groups excluding carboxylic acids is 1. The van der Waals surface area contributed by atoms with E-state index in [1.807, 2.05) is 0 Å². The summed E-state index contributed by atoms with van der Waals surface area (Å²) in [6.07, 6.45) is 4.69. The normalized spacial score (nSPS) is 9.69. The average molecular weight is 186 g/mol. The van der Waals surface area contributed by atoms with Crippen LogP contribution in [0.4, 0.5) is 4.79 Å². The molecule has 0 saturated carbocycles. The van der Waals surface area contributed by atoms with Gasteiger partial charge in [0.05, 0.1) is 6.61 Å². The fourth-order valence-corrected chi connectivity index (χ4v) is 0.883. The maximum absolute atomic E-state index is 10.9. The standard InChI is InChI=1S/C10H20NO2/c1-3-5-7-8-11-10(12)13-9-6-4-2/h2-9H2,1H3,(H,11,12). The van der Waals surface area contributed by atoms with Gasteiger partial charge in [-0.1, -0.05) is 33.1 Å². The highest BCUT2D eigenvalue weighted by Gasteiger charge is 1.98. The molecule has 0 aliphatic heterocycles. The molecule has 0 unspecified atom stereocenters. The summed E-state index contributed by atoms with van der Waals surface area (Å²) in [5, 5.41) is 2.69. The molecular formula is C10H20NO2. The van der Waals surface area contributed by atoms with E-state index < -0.39 is 0 Å². The lowest BCUT2D eigenvalue weighted by Gasteiger charge is -2.05. The molecule has 0 bridgehead atoms. The molecule has 0 aromatic carbocycles. The highest BCUT2D eigenvalue weighted by atomic mass is 16.5. The Morgan fingerprint density at radius 1 is 1.38 bits per heavy atom. The van der Waals surface area contributed by atoms with Crippen LogP contribution in [0.3, 0.4) is 0 Å². The van der Waals surface area contributed by atoms with Crippen LogP contribution in [-0.4, -0.2) is 19.2 Å². The first-order valence-electron chi connectivity index (χ1n) is 5.01. The summed E-state index contributed by atoms with van der Waals surface area (Å²) in [5.74, 6) is 0. The molecule has 1 amide bonds. The fraction of sp³-hybridized carbons (Fsp3) is 0.800. The third kappa shape index (κ3) is 9.18. The van der Waals surface area contributed by atoms with Crippen LogP contribution in [0, 0.1) is 6.92 Å². The molecule has 0 spiro atoms. The lowest BCUT2D eigenvalue weighted by atomic mass is 10.2. The summed E-state index contributed by atoms with van der Waals surface area (Å²) in [5.41, 5.74) is 0. The maximum Gasteiger partial charge on any atom is 0.407 e. The lowest BCUT2D eigenvalue weighted by Crippen LogP contribution is -2.25. The number of ether oxygens (including phenoxy) is 1. The molecule has 0 aromatic heterocycles. The highest BCUT2D eigenvalue weighted by molar-refractivity contribution is 5.66. The van der Waals surface area contributed by atoms with Crippen molar-refractivity contribution < 1.29 is 9.53 Å². The topological polar surface area (TPSA) is 38.3 Å². The van der Waals surface area contributed by atoms with Crippen molar-refractivity contribution in [3.05, 3.63) is 6.92 Å². The smallest absolute Gasteiger partial charge is 0.407 e. The van der Waals surface area contributed by atoms with Gasteiger partial charge < -0.3 is 10.1 Å². The van der Waals surface area contributed by atoms with E-state index in [1.54, 1.807) is 0 Å². The molecule has 3 heteroatoms. The largest absolute Gasteiger partial charge is 0.450 e. The van der Waals surface area contributed by atoms with Crippen molar-refractivity contribution in [2.24, 2.45) is 0 Å². The number of rotatable bonds is 7. The van der Waals surface area contributed by atoms with Gasteiger partial charge in [-0.05, 0) is 12.8 Å². The molecule has 0 aliphatic rings. The predicted molar refractivity (Wildman–Crippen MR) is 53.5 cm³/mol. The number of alkyl carbamates (subject to hydrolysis) is 1. The van der Waals surface area contributed by atoms with Gasteiger partial charge in [0.15, 0.2) is 0 Å². The van der Waals surface area contributed by atoms with Gasteiger partial charge in [-0.25, -0.2) is 4.79 Å². The Balaban J connectivity index is 3.11. The van der Waals surface area contributed by atoms with Crippen LogP contribution >= 0.6 is 0 Å². The second-order valence-corrected chi connectivity index (χ2v) is 2.98. The number of hydrogen-bond acceptors (Lipinski definition) is 2. The summed E-state index contributed by atoms with van der Waals surface area (Å²) in [4.78, 5) is 10.9. The van der Waals surface area contributed by atoms with Gasteiger partial charge in [-0.2, -0.15) is 0 Å². The maximum atomic E-state index is 10.9. The first-order valence-corrected chi connectivity index (χ1v) is 5.01. The monoisotopic (exact) mass is 186 g/mol. The third-order valence-electron chi connectivity index (χ3n) is 1.68. The minimum atomic E-state index is -0.301. The quantitative estimate of drug-likeness (QED) is 0.620. The van der Waals surface area contributed by atoms with Crippen LogP contribution < -0.4 is 5.32 Å². The Morgan fingerprint density at radius 2 is 2.15 bits per heavy atom. The van der Waals surface area contributed by atoms with E-state index in [-0.39, 0.29) is 6.09 Å². The molecule has 0 atom stereocenters. The van der Waals surface area contributed by atoms with Crippen LogP contribution in [0.15, 0.2) is 0 Å². The minimum Gasteiger partial charge on any atom is -0.450 e. The van der Waals surface area contributed by atoms with E-state index >= 15 is 0 Å². The molecule has 0 aliphatic carbocycles. The number of hydrogen-bond donors (Lipinski definition) is 1. The Kier molecular flexibility index (Phi) is 8.83. The number of amides is 1. The van der Waals surface area contributed by atoms with Crippen LogP contribution in [0.25, 0.3) is 0 Å². The molecule has 77 valence electrons. The van der Waals surface area contributed by atoms with E-state index in [4.69, 9.17) is 4.74 Å². The molecule has 0 fully saturated rings. The number of carbonyl (C=O) groups is 1. The first kappa shape index (κ1) is 12.3. The summed E-state index contributed by atoms with van der Waals surface area (Å²) in [7, 11) is 0. The van der Waals surface area contributed by atoms with Crippen molar-refractivity contribution in [1.29, 1.82) is 0 Å². The Labute approximate surface area is 80.8 Å². The van der Waals surface area contributed by atoms with Gasteiger partial charge in [0.25, 0.3) is 0 Å². The Hall–Kier alpha value is -0.730. The zero-order chi connectivity index (χ0) is 9.94. The number of nitrogens with one attached hydrogen (secondary N) is 1. The van der Waals surface area contributed by atoms with Crippen LogP contribution in [0.1, 0.15) is 39.0 Å². The van der Waals surface area contributed by atoms with E-state index in [9.17, 15) is 4.79 Å². The zero-order valence-electron chi connectivity index (χ0n) is 8.47. The van der Waals surface area contributed by atoms with Crippen LogP contribution in [-0.2, 0) is 4.74 Å². The van der Waals surface area contributed by atoms with Crippen LogP contribution in [0.5, 0.6) is 0 Å². The van der Waals surface area contributed by atoms with Crippen molar-refractivity contribution in [2.45, 2.75) is 39.0 Å². The molecule has 0 saturated heterocycles. The molecule has 13 heavy (non-hydrogen) atoms. The average Bonchev–Trinajstić information content (AvgIpc) is 2.13. The second kappa shape index (κ2) is 9.36. The van der Waals surface area contributed by atoms with Gasteiger partial charge in [-0.3, -0.25) is 0 Å². The van der Waals surface area contributed by atoms with Gasteiger partial charge >= 0.3 is 6.09 Å². The minimum absolute atomic E-state index is 0.301. The van der Waals surface area contributed by atoms with Gasteiger partial charge in [0, 0.05) is 6.54 Å².